The summed E-state index contributed by atoms with van der Waals surface area (Å²) < 4.78 is 0. The number of aryl methyl sites for hydroxylation is 1. The third-order valence-corrected chi connectivity index (χ3v) is 5.63. The van der Waals surface area contributed by atoms with E-state index in [0.29, 0.717) is 18.6 Å². The van der Waals surface area contributed by atoms with Crippen molar-refractivity contribution < 1.29 is 9.90 Å². The van der Waals surface area contributed by atoms with Gasteiger partial charge in [-0.05, 0) is 49.1 Å². The highest BCUT2D eigenvalue weighted by Crippen LogP contribution is 2.33. The molecule has 0 unspecified atom stereocenters. The quantitative estimate of drug-likeness (QED) is 0.434. The van der Waals surface area contributed by atoms with Crippen LogP contribution in [0.1, 0.15) is 69.4 Å². The lowest BCUT2D eigenvalue weighted by Crippen LogP contribution is -2.17. The first-order valence-electron chi connectivity index (χ1n) is 10.5. The van der Waals surface area contributed by atoms with E-state index in [2.05, 4.69) is 31.2 Å². The average Bonchev–Trinajstić information content (AvgIpc) is 3.01. The number of rotatable bonds is 11. The molecule has 0 bridgehead atoms. The first-order chi connectivity index (χ1) is 13.2. The number of nitrogens with zero attached hydrogens (tertiary/aromatic N) is 1. The van der Waals surface area contributed by atoms with Crippen LogP contribution >= 0.6 is 0 Å². The minimum atomic E-state index is -0.397. The van der Waals surface area contributed by atoms with Crippen LogP contribution in [0.15, 0.2) is 36.4 Å². The molecule has 1 aromatic carbocycles. The fourth-order valence-electron chi connectivity index (χ4n) is 4.00. The Bertz CT molecular complexity index is 659. The number of aliphatic hydroxyl groups is 1. The number of ketones is 1. The summed E-state index contributed by atoms with van der Waals surface area (Å²) in [5.41, 5.74) is 2.49. The molecular weight excluding hydrogens is 334 g/mol. The molecule has 27 heavy (non-hydrogen) atoms. The van der Waals surface area contributed by atoms with Crippen LogP contribution < -0.4 is 0 Å². The number of nitriles is 1. The smallest absolute Gasteiger partial charge is 0.136 e. The Morgan fingerprint density at radius 2 is 2.04 bits per heavy atom. The van der Waals surface area contributed by atoms with E-state index in [4.69, 9.17) is 5.26 Å². The Kier molecular flexibility index (Phi) is 9.28. The lowest BCUT2D eigenvalue weighted by Gasteiger charge is -2.18. The van der Waals surface area contributed by atoms with Crippen LogP contribution in [0, 0.1) is 23.2 Å². The second-order valence-corrected chi connectivity index (χ2v) is 7.71. The Morgan fingerprint density at radius 1 is 1.26 bits per heavy atom. The van der Waals surface area contributed by atoms with Crippen molar-refractivity contribution in [2.24, 2.45) is 11.8 Å². The highest BCUT2D eigenvalue weighted by molar-refractivity contribution is 5.84. The summed E-state index contributed by atoms with van der Waals surface area (Å²) in [5.74, 6) is 0.587. The van der Waals surface area contributed by atoms with Gasteiger partial charge < -0.3 is 5.11 Å². The van der Waals surface area contributed by atoms with Gasteiger partial charge in [0.2, 0.25) is 0 Å². The summed E-state index contributed by atoms with van der Waals surface area (Å²) in [7, 11) is 0. The highest BCUT2D eigenvalue weighted by Gasteiger charge is 2.33. The van der Waals surface area contributed by atoms with Crippen LogP contribution in [-0.4, -0.2) is 17.0 Å². The van der Waals surface area contributed by atoms with Crippen LogP contribution in [0.25, 0.3) is 0 Å². The summed E-state index contributed by atoms with van der Waals surface area (Å²) in [6, 6.07) is 10.5. The van der Waals surface area contributed by atoms with Crippen molar-refractivity contribution in [3.8, 4) is 6.07 Å². The molecule has 0 aromatic heterocycles. The van der Waals surface area contributed by atoms with Gasteiger partial charge >= 0.3 is 0 Å². The van der Waals surface area contributed by atoms with E-state index >= 15 is 0 Å². The van der Waals surface area contributed by atoms with E-state index in [9.17, 15) is 9.90 Å². The van der Waals surface area contributed by atoms with Gasteiger partial charge in [-0.15, -0.1) is 0 Å². The molecule has 0 spiro atoms. The molecule has 0 heterocycles. The van der Waals surface area contributed by atoms with Crippen molar-refractivity contribution >= 4 is 5.78 Å². The monoisotopic (exact) mass is 367 g/mol. The van der Waals surface area contributed by atoms with Crippen molar-refractivity contribution in [3.63, 3.8) is 0 Å². The predicted octanol–water partition coefficient (Wildman–Crippen LogP) is 5.17. The molecule has 2 rings (SSSR count). The van der Waals surface area contributed by atoms with Gasteiger partial charge in [-0.1, -0.05) is 62.6 Å². The second-order valence-electron chi connectivity index (χ2n) is 7.71. The maximum absolute atomic E-state index is 12.5. The van der Waals surface area contributed by atoms with Crippen molar-refractivity contribution in [1.82, 2.24) is 0 Å². The normalized spacial score (nSPS) is 20.9. The third-order valence-electron chi connectivity index (χ3n) is 5.63. The molecule has 1 saturated carbocycles. The summed E-state index contributed by atoms with van der Waals surface area (Å²) in [4.78, 5) is 12.5. The molecule has 3 nitrogen and oxygen atoms in total. The minimum Gasteiger partial charge on any atom is -0.389 e. The number of hydrogen-bond donors (Lipinski definition) is 1. The minimum absolute atomic E-state index is 0.0150. The van der Waals surface area contributed by atoms with Crippen molar-refractivity contribution in [1.29, 1.82) is 5.26 Å². The Balaban J connectivity index is 1.99. The molecular formula is C24H33NO2. The summed E-state index contributed by atoms with van der Waals surface area (Å²) >= 11 is 0. The van der Waals surface area contributed by atoms with Crippen molar-refractivity contribution in [2.45, 2.75) is 77.2 Å². The van der Waals surface area contributed by atoms with Gasteiger partial charge in [0, 0.05) is 18.8 Å². The number of hydrogen-bond acceptors (Lipinski definition) is 3. The SMILES string of the molecule is CCCCC[C@H](O)/C=C/[C@@H]1CCC(=O)[C@H]1Cc1ccccc1CCCC#N. The van der Waals surface area contributed by atoms with Crippen LogP contribution in [0.4, 0.5) is 0 Å². The summed E-state index contributed by atoms with van der Waals surface area (Å²) in [6.07, 6.45) is 12.4. The molecule has 1 aliphatic carbocycles. The molecule has 146 valence electrons. The maximum Gasteiger partial charge on any atom is 0.136 e. The third kappa shape index (κ3) is 6.96. The first-order valence-corrected chi connectivity index (χ1v) is 10.5. The van der Waals surface area contributed by atoms with E-state index in [-0.39, 0.29) is 11.8 Å². The van der Waals surface area contributed by atoms with Crippen LogP contribution in [0.5, 0.6) is 0 Å². The number of benzene rings is 1. The van der Waals surface area contributed by atoms with Gasteiger partial charge in [0.15, 0.2) is 0 Å². The average molecular weight is 368 g/mol. The molecule has 3 heteroatoms. The first kappa shape index (κ1) is 21.4. The standard InChI is InChI=1S/C24H33NO2/c1-2-3-4-12-22(26)15-13-20-14-16-24(27)23(20)18-21-11-6-5-9-19(21)10-7-8-17-25/h5-6,9,11,13,15,20,22-23,26H,2-4,7-8,10,12,14,16,18H2,1H3/b15-13+/t20-,22+,23+/m1/s1. The van der Waals surface area contributed by atoms with Gasteiger partial charge in [-0.3, -0.25) is 4.79 Å². The summed E-state index contributed by atoms with van der Waals surface area (Å²) in [6.45, 7) is 2.16. The van der Waals surface area contributed by atoms with Crippen LogP contribution in [-0.2, 0) is 17.6 Å². The number of unbranched alkanes of at least 4 members (excludes halogenated alkanes) is 3. The zero-order valence-electron chi connectivity index (χ0n) is 16.6. The van der Waals surface area contributed by atoms with E-state index < -0.39 is 6.10 Å². The fourth-order valence-corrected chi connectivity index (χ4v) is 4.00. The molecule has 1 aromatic rings. The molecule has 0 aliphatic heterocycles. The van der Waals surface area contributed by atoms with E-state index in [1.807, 2.05) is 18.2 Å². The molecule has 1 N–H and O–H groups in total. The lowest BCUT2D eigenvalue weighted by molar-refractivity contribution is -0.121. The number of carbonyl (C=O) groups is 1. The largest absolute Gasteiger partial charge is 0.389 e. The Hall–Kier alpha value is -1.92. The zero-order valence-corrected chi connectivity index (χ0v) is 16.6. The fraction of sp³-hybridized carbons (Fsp3) is 0.583. The van der Waals surface area contributed by atoms with Gasteiger partial charge in [-0.2, -0.15) is 5.26 Å². The molecule has 0 amide bonds. The van der Waals surface area contributed by atoms with Gasteiger partial charge in [0.05, 0.1) is 12.2 Å². The molecule has 1 aliphatic rings. The van der Waals surface area contributed by atoms with Crippen molar-refractivity contribution in [3.05, 3.63) is 47.5 Å². The van der Waals surface area contributed by atoms with Crippen molar-refractivity contribution in [2.75, 3.05) is 0 Å². The van der Waals surface area contributed by atoms with Crippen LogP contribution in [0.2, 0.25) is 0 Å². The van der Waals surface area contributed by atoms with Gasteiger partial charge in [-0.25, -0.2) is 0 Å². The highest BCUT2D eigenvalue weighted by atomic mass is 16.3. The van der Waals surface area contributed by atoms with Crippen LogP contribution in [0.3, 0.4) is 0 Å². The molecule has 3 atom stereocenters. The van der Waals surface area contributed by atoms with E-state index in [0.717, 1.165) is 51.4 Å². The Morgan fingerprint density at radius 3 is 2.78 bits per heavy atom. The van der Waals surface area contributed by atoms with Gasteiger partial charge in [0.25, 0.3) is 0 Å². The number of aliphatic hydroxyl groups excluding tert-OH is 1. The summed E-state index contributed by atoms with van der Waals surface area (Å²) in [5, 5.41) is 18.9. The zero-order chi connectivity index (χ0) is 19.5. The molecule has 0 saturated heterocycles. The predicted molar refractivity (Wildman–Crippen MR) is 109 cm³/mol. The van der Waals surface area contributed by atoms with E-state index in [1.54, 1.807) is 0 Å². The topological polar surface area (TPSA) is 61.1 Å². The van der Waals surface area contributed by atoms with Gasteiger partial charge in [0.1, 0.15) is 5.78 Å². The Labute approximate surface area is 164 Å². The number of allylic oxidation sites excluding steroid dienone is 1. The molecule has 0 radical (unpaired) electrons. The lowest BCUT2D eigenvalue weighted by atomic mass is 9.86. The van der Waals surface area contributed by atoms with E-state index in [1.165, 1.54) is 11.1 Å². The molecule has 1 fully saturated rings. The second kappa shape index (κ2) is 11.7. The number of carbonyl (C=O) groups excluding carboxylic acids is 1. The number of Topliss-reactive ketones (excluding diaryl/α,β-unsaturated/α-hetero) is 1. The maximum atomic E-state index is 12.5.